The third kappa shape index (κ3) is 4.10. The second-order valence-electron chi connectivity index (χ2n) is 9.20. The van der Waals surface area contributed by atoms with Crippen LogP contribution in [0.4, 0.5) is 5.82 Å². The van der Waals surface area contributed by atoms with E-state index in [-0.39, 0.29) is 17.5 Å². The van der Waals surface area contributed by atoms with E-state index in [1.807, 2.05) is 32.9 Å². The summed E-state index contributed by atoms with van der Waals surface area (Å²) in [5, 5.41) is 0. The molecule has 2 aromatic rings. The van der Waals surface area contributed by atoms with Gasteiger partial charge in [-0.05, 0) is 56.2 Å². The number of thiocarbonyl (C=S) groups is 1. The van der Waals surface area contributed by atoms with Crippen LogP contribution < -0.4 is 10.5 Å². The first kappa shape index (κ1) is 23.0. The van der Waals surface area contributed by atoms with Gasteiger partial charge in [-0.15, -0.1) is 0 Å². The SMILES string of the molecule is CCC(C)N1C(=O)C(=Cc2c(N3CC(C)CC(C)C3)nc3c(C)cccn3c2=O)SC1=S. The fourth-order valence-electron chi connectivity index (χ4n) is 4.68. The number of carbonyl (C=O) groups is 1. The van der Waals surface area contributed by atoms with Crippen molar-refractivity contribution in [3.63, 3.8) is 0 Å². The first-order chi connectivity index (χ1) is 15.2. The minimum absolute atomic E-state index is 0.0233. The van der Waals surface area contributed by atoms with Gasteiger partial charge in [-0.3, -0.25) is 18.9 Å². The molecule has 1 amide bonds. The van der Waals surface area contributed by atoms with Crippen molar-refractivity contribution in [2.45, 2.75) is 53.5 Å². The summed E-state index contributed by atoms with van der Waals surface area (Å²) >= 11 is 6.76. The Hall–Kier alpha value is -2.19. The summed E-state index contributed by atoms with van der Waals surface area (Å²) in [7, 11) is 0. The van der Waals surface area contributed by atoms with Crippen molar-refractivity contribution in [1.29, 1.82) is 0 Å². The maximum Gasteiger partial charge on any atom is 0.267 e. The second-order valence-corrected chi connectivity index (χ2v) is 10.9. The van der Waals surface area contributed by atoms with Crippen LogP contribution in [0.1, 0.15) is 51.7 Å². The number of fused-ring (bicyclic) bond motifs is 1. The molecule has 2 fully saturated rings. The molecule has 2 saturated heterocycles. The number of pyridine rings is 1. The number of thioether (sulfide) groups is 1. The van der Waals surface area contributed by atoms with Crippen molar-refractivity contribution < 1.29 is 4.79 Å². The van der Waals surface area contributed by atoms with Crippen LogP contribution in [0.3, 0.4) is 0 Å². The Labute approximate surface area is 198 Å². The van der Waals surface area contributed by atoms with Crippen molar-refractivity contribution in [2.24, 2.45) is 11.8 Å². The molecule has 0 saturated carbocycles. The summed E-state index contributed by atoms with van der Waals surface area (Å²) in [5.41, 5.74) is 1.90. The van der Waals surface area contributed by atoms with E-state index in [2.05, 4.69) is 18.7 Å². The molecule has 32 heavy (non-hydrogen) atoms. The van der Waals surface area contributed by atoms with Crippen LogP contribution >= 0.6 is 24.0 Å². The average Bonchev–Trinajstić information content (AvgIpc) is 3.02. The Morgan fingerprint density at radius 2 is 1.97 bits per heavy atom. The molecule has 170 valence electrons. The molecular weight excluding hydrogens is 440 g/mol. The van der Waals surface area contributed by atoms with Gasteiger partial charge < -0.3 is 4.90 Å². The van der Waals surface area contributed by atoms with Crippen molar-refractivity contribution in [2.75, 3.05) is 18.0 Å². The number of carbonyl (C=O) groups excluding carboxylic acids is 1. The monoisotopic (exact) mass is 470 g/mol. The van der Waals surface area contributed by atoms with Crippen LogP contribution in [0.5, 0.6) is 0 Å². The quantitative estimate of drug-likeness (QED) is 0.485. The van der Waals surface area contributed by atoms with Crippen molar-refractivity contribution in [3.05, 3.63) is 44.7 Å². The van der Waals surface area contributed by atoms with E-state index in [0.29, 0.717) is 38.1 Å². The van der Waals surface area contributed by atoms with Gasteiger partial charge in [-0.1, -0.05) is 50.8 Å². The molecule has 8 heteroatoms. The molecule has 0 aromatic carbocycles. The fourth-order valence-corrected chi connectivity index (χ4v) is 6.12. The number of rotatable bonds is 4. The Morgan fingerprint density at radius 3 is 2.62 bits per heavy atom. The zero-order chi connectivity index (χ0) is 23.2. The van der Waals surface area contributed by atoms with Crippen LogP contribution in [-0.2, 0) is 4.79 Å². The fraction of sp³-hybridized carbons (Fsp3) is 0.500. The molecule has 2 aliphatic rings. The first-order valence-corrected chi connectivity index (χ1v) is 12.5. The highest BCUT2D eigenvalue weighted by Crippen LogP contribution is 2.36. The minimum atomic E-state index is -0.159. The minimum Gasteiger partial charge on any atom is -0.355 e. The molecule has 3 atom stereocenters. The molecule has 0 bridgehead atoms. The van der Waals surface area contributed by atoms with Crippen LogP contribution in [-0.4, -0.2) is 43.6 Å². The molecule has 4 rings (SSSR count). The average molecular weight is 471 g/mol. The van der Waals surface area contributed by atoms with Gasteiger partial charge in [0.2, 0.25) is 0 Å². The maximum absolute atomic E-state index is 13.6. The molecule has 0 N–H and O–H groups in total. The summed E-state index contributed by atoms with van der Waals surface area (Å²) in [4.78, 5) is 36.1. The number of hydrogen-bond acceptors (Lipinski definition) is 6. The normalized spacial score (nSPS) is 24.1. The first-order valence-electron chi connectivity index (χ1n) is 11.2. The Bertz CT molecular complexity index is 1160. The molecule has 2 aliphatic heterocycles. The zero-order valence-electron chi connectivity index (χ0n) is 19.3. The van der Waals surface area contributed by atoms with Crippen molar-refractivity contribution in [1.82, 2.24) is 14.3 Å². The Balaban J connectivity index is 1.89. The van der Waals surface area contributed by atoms with Gasteiger partial charge in [0.1, 0.15) is 15.8 Å². The van der Waals surface area contributed by atoms with Gasteiger partial charge in [-0.25, -0.2) is 4.98 Å². The molecule has 0 radical (unpaired) electrons. The highest BCUT2D eigenvalue weighted by Gasteiger charge is 2.35. The molecule has 2 aromatic heterocycles. The number of aryl methyl sites for hydroxylation is 1. The maximum atomic E-state index is 13.6. The lowest BCUT2D eigenvalue weighted by atomic mass is 9.91. The van der Waals surface area contributed by atoms with E-state index in [9.17, 15) is 9.59 Å². The van der Waals surface area contributed by atoms with Gasteiger partial charge in [0, 0.05) is 25.3 Å². The summed E-state index contributed by atoms with van der Waals surface area (Å²) in [5.74, 6) is 1.55. The van der Waals surface area contributed by atoms with Crippen molar-refractivity contribution >= 4 is 51.7 Å². The van der Waals surface area contributed by atoms with Gasteiger partial charge in [0.05, 0.1) is 10.5 Å². The smallest absolute Gasteiger partial charge is 0.267 e. The Kier molecular flexibility index (Phi) is 6.45. The molecule has 4 heterocycles. The number of nitrogens with zero attached hydrogens (tertiary/aromatic N) is 4. The van der Waals surface area contributed by atoms with Gasteiger partial charge in [0.15, 0.2) is 0 Å². The van der Waals surface area contributed by atoms with Crippen LogP contribution in [0, 0.1) is 18.8 Å². The standard InChI is InChI=1S/C24H30N4O2S2/c1-6-17(5)28-23(30)19(32-24(28)31)11-18-21(26-12-14(2)10-15(3)13-26)25-20-16(4)8-7-9-27(20)22(18)29/h7-9,11,14-15,17H,6,10,12-13H2,1-5H3. The largest absolute Gasteiger partial charge is 0.355 e. The zero-order valence-corrected chi connectivity index (χ0v) is 20.9. The number of hydrogen-bond donors (Lipinski definition) is 0. The molecule has 3 unspecified atom stereocenters. The summed E-state index contributed by atoms with van der Waals surface area (Å²) < 4.78 is 2.12. The number of amides is 1. The molecular formula is C24H30N4O2S2. The number of aromatic nitrogens is 2. The van der Waals surface area contributed by atoms with E-state index < -0.39 is 0 Å². The van der Waals surface area contributed by atoms with E-state index in [1.54, 1.807) is 21.6 Å². The predicted octanol–water partition coefficient (Wildman–Crippen LogP) is 4.48. The summed E-state index contributed by atoms with van der Waals surface area (Å²) in [6, 6.07) is 3.84. The lowest BCUT2D eigenvalue weighted by molar-refractivity contribution is -0.123. The summed E-state index contributed by atoms with van der Waals surface area (Å²) in [6.07, 6.45) is 5.43. The molecule has 0 aliphatic carbocycles. The van der Waals surface area contributed by atoms with Crippen LogP contribution in [0.25, 0.3) is 11.7 Å². The van der Waals surface area contributed by atoms with Crippen LogP contribution in [0.2, 0.25) is 0 Å². The van der Waals surface area contributed by atoms with E-state index in [1.165, 1.54) is 11.8 Å². The highest BCUT2D eigenvalue weighted by molar-refractivity contribution is 8.26. The molecule has 6 nitrogen and oxygen atoms in total. The predicted molar refractivity (Wildman–Crippen MR) is 136 cm³/mol. The van der Waals surface area contributed by atoms with E-state index in [4.69, 9.17) is 17.2 Å². The third-order valence-electron chi connectivity index (χ3n) is 6.36. The third-order valence-corrected chi connectivity index (χ3v) is 7.69. The van der Waals surface area contributed by atoms with Gasteiger partial charge >= 0.3 is 0 Å². The van der Waals surface area contributed by atoms with E-state index >= 15 is 0 Å². The highest BCUT2D eigenvalue weighted by atomic mass is 32.2. The van der Waals surface area contributed by atoms with Gasteiger partial charge in [-0.2, -0.15) is 0 Å². The Morgan fingerprint density at radius 1 is 1.28 bits per heavy atom. The van der Waals surface area contributed by atoms with Gasteiger partial charge in [0.25, 0.3) is 11.5 Å². The number of piperidine rings is 1. The lowest BCUT2D eigenvalue weighted by Crippen LogP contribution is -2.41. The van der Waals surface area contributed by atoms with Crippen molar-refractivity contribution in [3.8, 4) is 0 Å². The summed E-state index contributed by atoms with van der Waals surface area (Å²) in [6.45, 7) is 12.1. The van der Waals surface area contributed by atoms with Crippen LogP contribution in [0.15, 0.2) is 28.0 Å². The van der Waals surface area contributed by atoms with E-state index in [0.717, 1.165) is 31.5 Å². The lowest BCUT2D eigenvalue weighted by Gasteiger charge is -2.36. The number of anilines is 1. The topological polar surface area (TPSA) is 57.9 Å². The second kappa shape index (κ2) is 8.98. The molecule has 0 spiro atoms.